The fraction of sp³-hybridized carbons (Fsp3) is 0.621. The van der Waals surface area contributed by atoms with Crippen molar-refractivity contribution in [3.05, 3.63) is 35.9 Å². The number of hydrogen-bond donors (Lipinski definition) is 4. The highest BCUT2D eigenvalue weighted by Gasteiger charge is 2.38. The summed E-state index contributed by atoms with van der Waals surface area (Å²) in [5.74, 6) is -1.15. The molecule has 2 heterocycles. The number of esters is 1. The lowest BCUT2D eigenvalue weighted by Gasteiger charge is -2.34. The third-order valence-electron chi connectivity index (χ3n) is 7.48. The molecule has 2 aliphatic rings. The van der Waals surface area contributed by atoms with E-state index in [9.17, 15) is 27.6 Å². The third kappa shape index (κ3) is 11.1. The predicted octanol–water partition coefficient (Wildman–Crippen LogP) is 0.969. The smallest absolute Gasteiger partial charge is 0.414 e. The summed E-state index contributed by atoms with van der Waals surface area (Å²) in [7, 11) is -3.68. The molecule has 0 spiro atoms. The van der Waals surface area contributed by atoms with E-state index in [1.54, 1.807) is 18.7 Å². The van der Waals surface area contributed by atoms with Crippen molar-refractivity contribution in [1.82, 2.24) is 25.2 Å². The van der Waals surface area contributed by atoms with Crippen LogP contribution in [-0.4, -0.2) is 105 Å². The molecule has 0 aromatic heterocycles. The van der Waals surface area contributed by atoms with Crippen LogP contribution in [0.5, 0.6) is 0 Å². The molecule has 2 atom stereocenters. The molecule has 0 unspecified atom stereocenters. The van der Waals surface area contributed by atoms with Crippen molar-refractivity contribution in [2.75, 3.05) is 39.0 Å². The van der Waals surface area contributed by atoms with Gasteiger partial charge in [0.2, 0.25) is 27.8 Å². The molecule has 1 aromatic carbocycles. The largest absolute Gasteiger partial charge is 0.462 e. The highest BCUT2D eigenvalue weighted by Crippen LogP contribution is 2.21. The second-order valence-electron chi connectivity index (χ2n) is 11.9. The number of carbonyl (C=O) groups excluding carboxylic acids is 4. The molecule has 2 fully saturated rings. The van der Waals surface area contributed by atoms with Crippen LogP contribution in [-0.2, 0) is 40.3 Å². The van der Waals surface area contributed by atoms with E-state index < -0.39 is 45.7 Å². The first-order chi connectivity index (χ1) is 20.6. The van der Waals surface area contributed by atoms with Crippen molar-refractivity contribution in [3.8, 4) is 0 Å². The second-order valence-corrected chi connectivity index (χ2v) is 13.7. The van der Waals surface area contributed by atoms with Gasteiger partial charge in [0.05, 0.1) is 6.26 Å². The molecule has 4 N–H and O–H groups in total. The summed E-state index contributed by atoms with van der Waals surface area (Å²) < 4.78 is 36.7. The molecule has 14 nitrogen and oxygen atoms in total. The number of nitrogens with one attached hydrogen (secondary N) is 4. The molecule has 0 aliphatic carbocycles. The van der Waals surface area contributed by atoms with E-state index in [0.29, 0.717) is 51.9 Å². The summed E-state index contributed by atoms with van der Waals surface area (Å²) in [6, 6.07) is 7.41. The number of piperidine rings is 1. The van der Waals surface area contributed by atoms with Gasteiger partial charge in [-0.15, -0.1) is 0 Å². The average Bonchev–Trinajstić information content (AvgIpc) is 3.44. The minimum absolute atomic E-state index is 0.103. The molecule has 2 aliphatic heterocycles. The van der Waals surface area contributed by atoms with Crippen molar-refractivity contribution >= 4 is 39.9 Å². The lowest BCUT2D eigenvalue weighted by molar-refractivity contribution is -0.147. The number of benzene rings is 1. The standard InChI is InChI=1S/C29H44N6O8S/c1-20(36)42-19-29(2,3)43-28(39)32-27(30)34-15-12-22(13-16-34)18-31-25(37)24-11-8-14-35(24)26(38)23(33-44(4,40)41)17-21-9-6-5-7-10-21/h5-7,9-10,22-24,33H,8,11-19H2,1-4H3,(H,31,37)(H2,30,32,39)/t23-,24+/m1/s1. The minimum Gasteiger partial charge on any atom is -0.462 e. The fourth-order valence-corrected chi connectivity index (χ4v) is 5.97. The van der Waals surface area contributed by atoms with Gasteiger partial charge in [-0.25, -0.2) is 17.9 Å². The van der Waals surface area contributed by atoms with E-state index in [-0.39, 0.29) is 30.8 Å². The van der Waals surface area contributed by atoms with E-state index in [4.69, 9.17) is 14.9 Å². The molecule has 244 valence electrons. The van der Waals surface area contributed by atoms with Crippen LogP contribution in [0.3, 0.4) is 0 Å². The van der Waals surface area contributed by atoms with Gasteiger partial charge in [-0.2, -0.15) is 0 Å². The maximum absolute atomic E-state index is 13.5. The van der Waals surface area contributed by atoms with E-state index in [1.165, 1.54) is 11.8 Å². The fourth-order valence-electron chi connectivity index (χ4n) is 5.27. The monoisotopic (exact) mass is 636 g/mol. The Hall–Kier alpha value is -3.72. The Morgan fingerprint density at radius 3 is 2.34 bits per heavy atom. The summed E-state index contributed by atoms with van der Waals surface area (Å²) in [6.45, 7) is 6.07. The molecular formula is C29H44N6O8S. The Morgan fingerprint density at radius 1 is 1.07 bits per heavy atom. The summed E-state index contributed by atoms with van der Waals surface area (Å²) in [4.78, 5) is 53.1. The van der Waals surface area contributed by atoms with Gasteiger partial charge < -0.3 is 24.6 Å². The number of carbonyl (C=O) groups is 4. The highest BCUT2D eigenvalue weighted by atomic mass is 32.2. The van der Waals surface area contributed by atoms with Gasteiger partial charge in [0.25, 0.3) is 0 Å². The van der Waals surface area contributed by atoms with Crippen molar-refractivity contribution < 1.29 is 37.1 Å². The van der Waals surface area contributed by atoms with Gasteiger partial charge in [0.15, 0.2) is 0 Å². The number of sulfonamides is 1. The number of hydrogen-bond acceptors (Lipinski definition) is 9. The normalized spacial score (nSPS) is 18.3. The molecule has 0 bridgehead atoms. The van der Waals surface area contributed by atoms with Gasteiger partial charge in [-0.3, -0.25) is 25.1 Å². The van der Waals surface area contributed by atoms with Crippen molar-refractivity contribution in [1.29, 1.82) is 5.41 Å². The molecule has 3 amide bonds. The highest BCUT2D eigenvalue weighted by molar-refractivity contribution is 7.88. The number of guanidine groups is 1. The van der Waals surface area contributed by atoms with Crippen molar-refractivity contribution in [3.63, 3.8) is 0 Å². The zero-order valence-corrected chi connectivity index (χ0v) is 26.6. The third-order valence-corrected chi connectivity index (χ3v) is 8.20. The first-order valence-corrected chi connectivity index (χ1v) is 16.6. The molecule has 2 saturated heterocycles. The lowest BCUT2D eigenvalue weighted by Crippen LogP contribution is -2.54. The molecular weight excluding hydrogens is 592 g/mol. The zero-order valence-electron chi connectivity index (χ0n) is 25.8. The molecule has 3 rings (SSSR count). The molecule has 0 radical (unpaired) electrons. The van der Waals surface area contributed by atoms with Crippen molar-refractivity contribution in [2.45, 2.75) is 70.6 Å². The maximum Gasteiger partial charge on any atom is 0.414 e. The van der Waals surface area contributed by atoms with Crippen LogP contribution in [0.15, 0.2) is 30.3 Å². The summed E-state index contributed by atoms with van der Waals surface area (Å²) in [5.41, 5.74) is -0.259. The first kappa shape index (κ1) is 34.8. The van der Waals surface area contributed by atoms with Gasteiger partial charge in [-0.1, -0.05) is 30.3 Å². The first-order valence-electron chi connectivity index (χ1n) is 14.7. The van der Waals surface area contributed by atoms with Crippen molar-refractivity contribution in [2.24, 2.45) is 5.92 Å². The van der Waals surface area contributed by atoms with Gasteiger partial charge in [-0.05, 0) is 57.4 Å². The van der Waals surface area contributed by atoms with Crippen LogP contribution in [0, 0.1) is 11.3 Å². The van der Waals surface area contributed by atoms with Crippen LogP contribution in [0.4, 0.5) is 4.79 Å². The van der Waals surface area contributed by atoms with Gasteiger partial charge in [0, 0.05) is 33.1 Å². The van der Waals surface area contributed by atoms with Gasteiger partial charge >= 0.3 is 12.1 Å². The molecule has 1 aromatic rings. The van der Waals surface area contributed by atoms with Crippen LogP contribution < -0.4 is 15.4 Å². The average molecular weight is 637 g/mol. The Kier molecular flexibility index (Phi) is 12.1. The van der Waals surface area contributed by atoms with E-state index >= 15 is 0 Å². The number of amides is 3. The Bertz CT molecular complexity index is 1300. The van der Waals surface area contributed by atoms with Crippen LogP contribution in [0.25, 0.3) is 0 Å². The number of rotatable bonds is 11. The van der Waals surface area contributed by atoms with E-state index in [2.05, 4.69) is 15.4 Å². The second kappa shape index (κ2) is 15.3. The van der Waals surface area contributed by atoms with E-state index in [0.717, 1.165) is 11.8 Å². The molecule has 15 heteroatoms. The summed E-state index contributed by atoms with van der Waals surface area (Å²) >= 11 is 0. The zero-order chi connectivity index (χ0) is 32.5. The Balaban J connectivity index is 1.47. The molecule has 44 heavy (non-hydrogen) atoms. The summed E-state index contributed by atoms with van der Waals surface area (Å²) in [5, 5.41) is 13.6. The molecule has 0 saturated carbocycles. The van der Waals surface area contributed by atoms with Crippen LogP contribution in [0.2, 0.25) is 0 Å². The lowest BCUT2D eigenvalue weighted by atomic mass is 9.97. The van der Waals surface area contributed by atoms with Gasteiger partial charge in [0.1, 0.15) is 24.3 Å². The number of likely N-dealkylation sites (tertiary alicyclic amines) is 2. The minimum atomic E-state index is -3.68. The summed E-state index contributed by atoms with van der Waals surface area (Å²) in [6.07, 6.45) is 2.82. The SMILES string of the molecule is CC(=O)OCC(C)(C)OC(=O)NC(=N)N1CCC(CNC(=O)[C@@H]2CCCN2C(=O)[C@@H](Cc2ccccc2)NS(C)(=O)=O)CC1. The Labute approximate surface area is 258 Å². The Morgan fingerprint density at radius 2 is 1.73 bits per heavy atom. The van der Waals surface area contributed by atoms with E-state index in [1.807, 2.05) is 30.3 Å². The number of nitrogens with zero attached hydrogens (tertiary/aromatic N) is 2. The van der Waals surface area contributed by atoms with Crippen LogP contribution >= 0.6 is 0 Å². The number of ether oxygens (including phenoxy) is 2. The quantitative estimate of drug-likeness (QED) is 0.156. The number of alkyl carbamates (subject to hydrolysis) is 1. The van der Waals surface area contributed by atoms with Crippen LogP contribution in [0.1, 0.15) is 52.0 Å². The topological polar surface area (TPSA) is 187 Å². The predicted molar refractivity (Wildman–Crippen MR) is 162 cm³/mol. The maximum atomic E-state index is 13.5.